The summed E-state index contributed by atoms with van der Waals surface area (Å²) in [4.78, 5) is 2.43. The summed E-state index contributed by atoms with van der Waals surface area (Å²) >= 11 is 0. The minimum Gasteiger partial charge on any atom is -0.494 e. The fraction of sp³-hybridized carbons (Fsp3) is 0.625. The smallest absolute Gasteiger partial charge is 0.119 e. The van der Waals surface area contributed by atoms with Gasteiger partial charge in [0.25, 0.3) is 0 Å². The number of nitrogens with two attached hydrogens (primary N) is 1. The third kappa shape index (κ3) is 4.78. The van der Waals surface area contributed by atoms with Crippen molar-refractivity contribution in [3.8, 4) is 5.75 Å². The Morgan fingerprint density at radius 3 is 2.90 bits per heavy atom. The van der Waals surface area contributed by atoms with E-state index < -0.39 is 0 Å². The number of nitrogens with zero attached hydrogens (tertiary/aromatic N) is 1. The summed E-state index contributed by atoms with van der Waals surface area (Å²) in [6.07, 6.45) is 3.34. The third-order valence-electron chi connectivity index (χ3n) is 3.87. The summed E-state index contributed by atoms with van der Waals surface area (Å²) in [6.45, 7) is 4.18. The van der Waals surface area contributed by atoms with Crippen LogP contribution in [0.15, 0.2) is 24.3 Å². The molecule has 0 atom stereocenters. The van der Waals surface area contributed by atoms with Crippen LogP contribution in [0.1, 0.15) is 24.8 Å². The lowest BCUT2D eigenvalue weighted by atomic mass is 10.1. The van der Waals surface area contributed by atoms with Gasteiger partial charge in [-0.1, -0.05) is 12.1 Å². The molecule has 0 amide bonds. The van der Waals surface area contributed by atoms with Gasteiger partial charge in [-0.2, -0.15) is 0 Å². The number of ether oxygens (including phenoxy) is 2. The van der Waals surface area contributed by atoms with E-state index in [2.05, 4.69) is 11.9 Å². The first-order chi connectivity index (χ1) is 9.79. The molecule has 0 spiro atoms. The molecule has 1 heterocycles. The molecule has 0 aromatic heterocycles. The maximum Gasteiger partial charge on any atom is 0.119 e. The van der Waals surface area contributed by atoms with Gasteiger partial charge < -0.3 is 20.1 Å². The molecule has 1 aliphatic heterocycles. The molecular weight excluding hydrogens is 252 g/mol. The monoisotopic (exact) mass is 278 g/mol. The maximum absolute atomic E-state index is 5.78. The molecule has 1 saturated heterocycles. The van der Waals surface area contributed by atoms with Crippen molar-refractivity contribution in [2.24, 2.45) is 5.73 Å². The van der Waals surface area contributed by atoms with E-state index in [1.807, 2.05) is 24.3 Å². The van der Waals surface area contributed by atoms with Crippen molar-refractivity contribution in [1.82, 2.24) is 4.90 Å². The molecule has 1 aliphatic rings. The third-order valence-corrected chi connectivity index (χ3v) is 3.87. The molecule has 2 N–H and O–H groups in total. The second-order valence-corrected chi connectivity index (χ2v) is 5.38. The average Bonchev–Trinajstić information content (AvgIpc) is 2.52. The van der Waals surface area contributed by atoms with Crippen molar-refractivity contribution >= 4 is 0 Å². The highest BCUT2D eigenvalue weighted by Crippen LogP contribution is 2.15. The van der Waals surface area contributed by atoms with Gasteiger partial charge in [-0.15, -0.1) is 0 Å². The van der Waals surface area contributed by atoms with Crippen LogP contribution in [0.2, 0.25) is 0 Å². The fourth-order valence-electron chi connectivity index (χ4n) is 2.57. The zero-order valence-corrected chi connectivity index (χ0v) is 12.4. The number of hydrogen-bond acceptors (Lipinski definition) is 4. The van der Waals surface area contributed by atoms with Gasteiger partial charge in [0, 0.05) is 32.3 Å². The molecule has 112 valence electrons. The molecule has 2 rings (SSSR count). The summed E-state index contributed by atoms with van der Waals surface area (Å²) in [5.74, 6) is 0.918. The fourth-order valence-corrected chi connectivity index (χ4v) is 2.57. The molecule has 1 aromatic carbocycles. The first-order valence-electron chi connectivity index (χ1n) is 7.49. The second-order valence-electron chi connectivity index (χ2n) is 5.38. The van der Waals surface area contributed by atoms with Crippen molar-refractivity contribution in [2.45, 2.75) is 31.8 Å². The molecule has 0 bridgehead atoms. The minimum atomic E-state index is 0.559. The van der Waals surface area contributed by atoms with Crippen LogP contribution in [0.3, 0.4) is 0 Å². The predicted octanol–water partition coefficient (Wildman–Crippen LogP) is 2.02. The van der Waals surface area contributed by atoms with E-state index in [0.717, 1.165) is 56.9 Å². The molecule has 0 radical (unpaired) electrons. The highest BCUT2D eigenvalue weighted by atomic mass is 16.5. The van der Waals surface area contributed by atoms with Crippen molar-refractivity contribution < 1.29 is 9.47 Å². The largest absolute Gasteiger partial charge is 0.494 e. The van der Waals surface area contributed by atoms with Crippen molar-refractivity contribution in [3.63, 3.8) is 0 Å². The Kier molecular flexibility index (Phi) is 6.30. The first-order valence-corrected chi connectivity index (χ1v) is 7.49. The zero-order valence-electron chi connectivity index (χ0n) is 12.4. The lowest BCUT2D eigenvalue weighted by Gasteiger charge is -2.31. The van der Waals surface area contributed by atoms with Gasteiger partial charge in [0.05, 0.1) is 6.61 Å². The van der Waals surface area contributed by atoms with Crippen LogP contribution >= 0.6 is 0 Å². The standard InChI is InChI=1S/C16H26N2O2/c1-18(15-6-10-19-11-7-15)8-3-9-20-16-5-2-4-14(12-16)13-17/h2,4-5,12,15H,3,6-11,13,17H2,1H3. The Morgan fingerprint density at radius 1 is 1.35 bits per heavy atom. The van der Waals surface area contributed by atoms with Crippen LogP contribution in [0.4, 0.5) is 0 Å². The van der Waals surface area contributed by atoms with Gasteiger partial charge >= 0.3 is 0 Å². The molecular formula is C16H26N2O2. The van der Waals surface area contributed by atoms with Gasteiger partial charge in [0.2, 0.25) is 0 Å². The average molecular weight is 278 g/mol. The summed E-state index contributed by atoms with van der Waals surface area (Å²) in [5, 5.41) is 0. The Bertz CT molecular complexity index is 392. The molecule has 20 heavy (non-hydrogen) atoms. The summed E-state index contributed by atoms with van der Waals surface area (Å²) < 4.78 is 11.2. The topological polar surface area (TPSA) is 47.7 Å². The van der Waals surface area contributed by atoms with E-state index >= 15 is 0 Å². The van der Waals surface area contributed by atoms with Crippen LogP contribution in [-0.4, -0.2) is 44.4 Å². The highest BCUT2D eigenvalue weighted by Gasteiger charge is 2.17. The van der Waals surface area contributed by atoms with Gasteiger partial charge in [-0.25, -0.2) is 0 Å². The van der Waals surface area contributed by atoms with Crippen LogP contribution in [-0.2, 0) is 11.3 Å². The van der Waals surface area contributed by atoms with Crippen LogP contribution < -0.4 is 10.5 Å². The predicted molar refractivity (Wildman–Crippen MR) is 80.9 cm³/mol. The SMILES string of the molecule is CN(CCCOc1cccc(CN)c1)C1CCOCC1. The molecule has 1 fully saturated rings. The molecule has 0 saturated carbocycles. The first kappa shape index (κ1) is 15.3. The van der Waals surface area contributed by atoms with Crippen molar-refractivity contribution in [3.05, 3.63) is 29.8 Å². The Morgan fingerprint density at radius 2 is 2.15 bits per heavy atom. The van der Waals surface area contributed by atoms with E-state index in [9.17, 15) is 0 Å². The lowest BCUT2D eigenvalue weighted by molar-refractivity contribution is 0.0417. The normalized spacial score (nSPS) is 16.6. The summed E-state index contributed by atoms with van der Waals surface area (Å²) in [6, 6.07) is 8.69. The number of benzene rings is 1. The zero-order chi connectivity index (χ0) is 14.2. The number of rotatable bonds is 7. The van der Waals surface area contributed by atoms with Crippen molar-refractivity contribution in [2.75, 3.05) is 33.4 Å². The van der Waals surface area contributed by atoms with Gasteiger partial charge in [-0.3, -0.25) is 0 Å². The molecule has 0 aliphatic carbocycles. The van der Waals surface area contributed by atoms with E-state index in [-0.39, 0.29) is 0 Å². The maximum atomic E-state index is 5.78. The molecule has 4 nitrogen and oxygen atoms in total. The van der Waals surface area contributed by atoms with Crippen molar-refractivity contribution in [1.29, 1.82) is 0 Å². The van der Waals surface area contributed by atoms with Gasteiger partial charge in [-0.05, 0) is 44.0 Å². The van der Waals surface area contributed by atoms with Crippen LogP contribution in [0.25, 0.3) is 0 Å². The Hall–Kier alpha value is -1.10. The summed E-state index contributed by atoms with van der Waals surface area (Å²) in [5.41, 5.74) is 6.74. The summed E-state index contributed by atoms with van der Waals surface area (Å²) in [7, 11) is 2.20. The lowest BCUT2D eigenvalue weighted by Crippen LogP contribution is -2.37. The van der Waals surface area contributed by atoms with Gasteiger partial charge in [0.1, 0.15) is 5.75 Å². The van der Waals surface area contributed by atoms with E-state index in [1.165, 1.54) is 0 Å². The minimum absolute atomic E-state index is 0.559. The van der Waals surface area contributed by atoms with E-state index in [0.29, 0.717) is 12.6 Å². The van der Waals surface area contributed by atoms with E-state index in [4.69, 9.17) is 15.2 Å². The number of hydrogen-bond donors (Lipinski definition) is 1. The molecule has 1 aromatic rings. The van der Waals surface area contributed by atoms with E-state index in [1.54, 1.807) is 0 Å². The van der Waals surface area contributed by atoms with Crippen LogP contribution in [0, 0.1) is 0 Å². The van der Waals surface area contributed by atoms with Crippen LogP contribution in [0.5, 0.6) is 5.75 Å². The second kappa shape index (κ2) is 8.25. The molecule has 0 unspecified atom stereocenters. The van der Waals surface area contributed by atoms with Gasteiger partial charge in [0.15, 0.2) is 0 Å². The Labute approximate surface area is 121 Å². The molecule has 4 heteroatoms. The highest BCUT2D eigenvalue weighted by molar-refractivity contribution is 5.28. The quantitative estimate of drug-likeness (QED) is 0.775. The Balaban J connectivity index is 1.65.